The lowest BCUT2D eigenvalue weighted by Crippen LogP contribution is -2.50. The van der Waals surface area contributed by atoms with E-state index in [1.165, 1.54) is 0 Å². The van der Waals surface area contributed by atoms with Gasteiger partial charge in [-0.05, 0) is 45.6 Å². The van der Waals surface area contributed by atoms with Crippen molar-refractivity contribution in [3.8, 4) is 6.07 Å². The largest absolute Gasteiger partial charge is 0.394 e. The fourth-order valence-corrected chi connectivity index (χ4v) is 4.50. The number of ether oxygens (including phenoxy) is 1. The molecule has 132 valence electrons. The lowest BCUT2D eigenvalue weighted by atomic mass is 9.88. The van der Waals surface area contributed by atoms with E-state index in [2.05, 4.69) is 11.0 Å². The second-order valence-electron chi connectivity index (χ2n) is 7.71. The highest BCUT2D eigenvalue weighted by Crippen LogP contribution is 2.46. The molecule has 0 aromatic carbocycles. The summed E-state index contributed by atoms with van der Waals surface area (Å²) < 4.78 is 5.39. The Morgan fingerprint density at radius 3 is 2.54 bits per heavy atom. The van der Waals surface area contributed by atoms with Crippen molar-refractivity contribution in [3.63, 3.8) is 0 Å². The zero-order valence-corrected chi connectivity index (χ0v) is 14.6. The topological polar surface area (TPSA) is 76.8 Å². The number of carbonyl (C=O) groups is 1. The maximum atomic E-state index is 13.0. The number of rotatable bonds is 4. The van der Waals surface area contributed by atoms with Gasteiger partial charge in [-0.1, -0.05) is 0 Å². The number of carbonyl (C=O) groups excluding carboxylic acids is 1. The molecule has 0 aromatic heterocycles. The third kappa shape index (κ3) is 2.85. The summed E-state index contributed by atoms with van der Waals surface area (Å²) in [5.74, 6) is -0.215. The van der Waals surface area contributed by atoms with E-state index in [4.69, 9.17) is 4.74 Å². The maximum Gasteiger partial charge on any atom is 0.265 e. The summed E-state index contributed by atoms with van der Waals surface area (Å²) >= 11 is 0. The molecule has 1 N–H and O–H groups in total. The number of hydrogen-bond donors (Lipinski definition) is 1. The highest BCUT2D eigenvalue weighted by Gasteiger charge is 2.54. The Morgan fingerprint density at radius 2 is 2.00 bits per heavy atom. The minimum absolute atomic E-state index is 0.0131. The van der Waals surface area contributed by atoms with Crippen LogP contribution in [0.2, 0.25) is 0 Å². The van der Waals surface area contributed by atoms with Crippen LogP contribution >= 0.6 is 0 Å². The van der Waals surface area contributed by atoms with Crippen molar-refractivity contribution in [2.24, 2.45) is 0 Å². The number of nitrogens with zero attached hydrogens (tertiary/aromatic N) is 3. The molecule has 6 heteroatoms. The van der Waals surface area contributed by atoms with E-state index in [0.717, 1.165) is 38.8 Å². The van der Waals surface area contributed by atoms with Gasteiger partial charge in [0.25, 0.3) is 5.91 Å². The molecule has 0 unspecified atom stereocenters. The Kier molecular flexibility index (Phi) is 4.69. The van der Waals surface area contributed by atoms with Gasteiger partial charge in [0.2, 0.25) is 0 Å². The van der Waals surface area contributed by atoms with Gasteiger partial charge >= 0.3 is 0 Å². The predicted octanol–water partition coefficient (Wildman–Crippen LogP) is 1.06. The van der Waals surface area contributed by atoms with E-state index in [1.807, 2.05) is 13.8 Å². The van der Waals surface area contributed by atoms with Crippen molar-refractivity contribution in [2.45, 2.75) is 56.7 Å². The van der Waals surface area contributed by atoms with Gasteiger partial charge in [-0.3, -0.25) is 9.69 Å². The van der Waals surface area contributed by atoms with Gasteiger partial charge in [-0.15, -0.1) is 0 Å². The average Bonchev–Trinajstić information content (AvgIpc) is 3.16. The van der Waals surface area contributed by atoms with E-state index in [-0.39, 0.29) is 29.7 Å². The molecule has 0 aliphatic carbocycles. The molecule has 3 aliphatic rings. The van der Waals surface area contributed by atoms with Crippen molar-refractivity contribution >= 4 is 5.91 Å². The molecule has 2 bridgehead atoms. The van der Waals surface area contributed by atoms with E-state index in [1.54, 1.807) is 11.0 Å². The Bertz CT molecular complexity index is 565. The summed E-state index contributed by atoms with van der Waals surface area (Å²) in [4.78, 5) is 17.1. The first-order valence-corrected chi connectivity index (χ1v) is 8.84. The number of fused-ring (bicyclic) bond motifs is 2. The number of morpholine rings is 1. The molecule has 6 nitrogen and oxygen atoms in total. The molecule has 3 aliphatic heterocycles. The van der Waals surface area contributed by atoms with Crippen LogP contribution in [0.3, 0.4) is 0 Å². The molecule has 0 aromatic rings. The van der Waals surface area contributed by atoms with Crippen molar-refractivity contribution in [3.05, 3.63) is 11.6 Å². The van der Waals surface area contributed by atoms with Crippen LogP contribution in [0.25, 0.3) is 0 Å². The molecule has 24 heavy (non-hydrogen) atoms. The van der Waals surface area contributed by atoms with Gasteiger partial charge in [0.1, 0.15) is 11.6 Å². The molecule has 3 saturated heterocycles. The molecule has 1 amide bonds. The van der Waals surface area contributed by atoms with Gasteiger partial charge in [-0.25, -0.2) is 0 Å². The van der Waals surface area contributed by atoms with Crippen molar-refractivity contribution in [1.82, 2.24) is 9.80 Å². The quantitative estimate of drug-likeness (QED) is 0.615. The lowest BCUT2D eigenvalue weighted by Gasteiger charge is -2.39. The summed E-state index contributed by atoms with van der Waals surface area (Å²) in [6, 6.07) is 2.29. The summed E-state index contributed by atoms with van der Waals surface area (Å²) in [5.41, 5.74) is -0.630. The van der Waals surface area contributed by atoms with Crippen LogP contribution in [0, 0.1) is 11.3 Å². The smallest absolute Gasteiger partial charge is 0.265 e. The van der Waals surface area contributed by atoms with Gasteiger partial charge in [-0.2, -0.15) is 5.26 Å². The van der Waals surface area contributed by atoms with Crippen LogP contribution in [-0.2, 0) is 9.53 Å². The fraction of sp³-hybridized carbons (Fsp3) is 0.778. The Morgan fingerprint density at radius 1 is 1.38 bits per heavy atom. The second-order valence-corrected chi connectivity index (χ2v) is 7.71. The van der Waals surface area contributed by atoms with Gasteiger partial charge in [0, 0.05) is 24.7 Å². The summed E-state index contributed by atoms with van der Waals surface area (Å²) in [6.45, 7) is 6.99. The number of amides is 1. The first-order valence-electron chi connectivity index (χ1n) is 8.84. The highest BCUT2D eigenvalue weighted by atomic mass is 16.5. The Balaban J connectivity index is 1.83. The van der Waals surface area contributed by atoms with Gasteiger partial charge in [0.15, 0.2) is 0 Å². The number of aliphatic hydroxyl groups is 1. The Labute approximate surface area is 143 Å². The number of nitriles is 1. The third-order valence-electron chi connectivity index (χ3n) is 5.95. The minimum Gasteiger partial charge on any atom is -0.394 e. The number of hydrogen-bond acceptors (Lipinski definition) is 5. The molecule has 3 rings (SSSR count). The molecular weight excluding hydrogens is 306 g/mol. The van der Waals surface area contributed by atoms with E-state index >= 15 is 0 Å². The first-order chi connectivity index (χ1) is 11.4. The SMILES string of the molecule is CC(C)(C=C(C#N)C(=O)N1[C@H]2CC[C@]1(CO)CC2)N1CCOCC1. The third-order valence-corrected chi connectivity index (χ3v) is 5.95. The molecule has 3 heterocycles. The second kappa shape index (κ2) is 6.47. The zero-order chi connectivity index (χ0) is 17.4. The van der Waals surface area contributed by atoms with Crippen LogP contribution in [0.1, 0.15) is 39.5 Å². The predicted molar refractivity (Wildman–Crippen MR) is 89.1 cm³/mol. The zero-order valence-electron chi connectivity index (χ0n) is 14.6. The number of aliphatic hydroxyl groups excluding tert-OH is 1. The molecular formula is C18H27N3O3. The lowest BCUT2D eigenvalue weighted by molar-refractivity contribution is -0.132. The van der Waals surface area contributed by atoms with Crippen LogP contribution in [0.5, 0.6) is 0 Å². The van der Waals surface area contributed by atoms with E-state index in [0.29, 0.717) is 13.2 Å². The fourth-order valence-electron chi connectivity index (χ4n) is 4.50. The van der Waals surface area contributed by atoms with Gasteiger partial charge in [0.05, 0.1) is 25.4 Å². The molecule has 0 spiro atoms. The maximum absolute atomic E-state index is 13.0. The summed E-state index contributed by atoms with van der Waals surface area (Å²) in [7, 11) is 0. The van der Waals surface area contributed by atoms with Crippen LogP contribution in [0.15, 0.2) is 11.6 Å². The molecule has 3 fully saturated rings. The van der Waals surface area contributed by atoms with Crippen molar-refractivity contribution in [1.29, 1.82) is 5.26 Å². The highest BCUT2D eigenvalue weighted by molar-refractivity contribution is 5.98. The van der Waals surface area contributed by atoms with Gasteiger partial charge < -0.3 is 14.7 Å². The van der Waals surface area contributed by atoms with Crippen molar-refractivity contribution < 1.29 is 14.6 Å². The van der Waals surface area contributed by atoms with Crippen LogP contribution in [-0.4, -0.2) is 70.8 Å². The summed E-state index contributed by atoms with van der Waals surface area (Å²) in [6.07, 6.45) is 5.33. The summed E-state index contributed by atoms with van der Waals surface area (Å²) in [5, 5.41) is 19.4. The first kappa shape index (κ1) is 17.4. The van der Waals surface area contributed by atoms with Crippen LogP contribution in [0.4, 0.5) is 0 Å². The minimum atomic E-state index is -0.444. The Hall–Kier alpha value is -1.42. The average molecular weight is 333 g/mol. The monoisotopic (exact) mass is 333 g/mol. The molecule has 0 atom stereocenters. The standard InChI is InChI=1S/C18H27N3O3/c1-17(2,20-7-9-24-10-8-20)11-14(12-19)16(23)21-15-3-5-18(21,13-22)6-4-15/h11,15,22H,3-10,13H2,1-2H3/t15-,18+. The van der Waals surface area contributed by atoms with Crippen LogP contribution < -0.4 is 0 Å². The normalized spacial score (nSPS) is 31.3. The van der Waals surface area contributed by atoms with E-state index < -0.39 is 5.54 Å². The molecule has 0 saturated carbocycles. The van der Waals surface area contributed by atoms with E-state index in [9.17, 15) is 15.2 Å². The van der Waals surface area contributed by atoms with Crippen molar-refractivity contribution in [2.75, 3.05) is 32.9 Å². The molecule has 0 radical (unpaired) electrons.